The van der Waals surface area contributed by atoms with E-state index < -0.39 is 11.1 Å². The fourth-order valence-electron chi connectivity index (χ4n) is 10.2. The van der Waals surface area contributed by atoms with Gasteiger partial charge in [0.15, 0.2) is 5.82 Å². The Balaban J connectivity index is 0.00000518. The maximum atomic E-state index is 14.6. The number of aryl methyl sites for hydroxylation is 1. The molecule has 0 spiro atoms. The van der Waals surface area contributed by atoms with Gasteiger partial charge in [-0.25, -0.2) is 9.67 Å². The molecule has 318 valence electrons. The van der Waals surface area contributed by atoms with E-state index in [-0.39, 0.29) is 40.7 Å². The van der Waals surface area contributed by atoms with Crippen LogP contribution < -0.4 is 5.56 Å². The van der Waals surface area contributed by atoms with Crippen molar-refractivity contribution in [2.24, 2.45) is 0 Å². The van der Waals surface area contributed by atoms with Crippen LogP contribution in [-0.2, 0) is 28.9 Å². The van der Waals surface area contributed by atoms with Crippen molar-refractivity contribution in [3.8, 4) is 22.5 Å². The molecule has 2 aromatic heterocycles. The maximum absolute atomic E-state index is 14.6. The van der Waals surface area contributed by atoms with Gasteiger partial charge in [0, 0.05) is 30.0 Å². The third-order valence-electron chi connectivity index (χ3n) is 13.5. The molecule has 9 nitrogen and oxygen atoms in total. The average molecular weight is 856 g/mol. The average Bonchev–Trinajstić information content (AvgIpc) is 4.03. The Morgan fingerprint density at radius 2 is 1.36 bits per heavy atom. The summed E-state index contributed by atoms with van der Waals surface area (Å²) in [5, 5.41) is 16.8. The van der Waals surface area contributed by atoms with Gasteiger partial charge in [-0.1, -0.05) is 159 Å². The summed E-state index contributed by atoms with van der Waals surface area (Å²) in [7, 11) is 0. The van der Waals surface area contributed by atoms with Crippen LogP contribution in [0.5, 0.6) is 0 Å². The van der Waals surface area contributed by atoms with E-state index in [1.807, 2.05) is 45.6 Å². The van der Waals surface area contributed by atoms with Crippen molar-refractivity contribution in [1.29, 1.82) is 0 Å². The number of unbranched alkanes of at least 4 members (excludes halogenated alkanes) is 1. The molecule has 0 unspecified atom stereocenters. The van der Waals surface area contributed by atoms with E-state index >= 15 is 0 Å². The van der Waals surface area contributed by atoms with Gasteiger partial charge < -0.3 is 0 Å². The van der Waals surface area contributed by atoms with Crippen molar-refractivity contribution in [2.45, 2.75) is 95.5 Å². The van der Waals surface area contributed by atoms with Gasteiger partial charge in [-0.15, -0.1) is 5.10 Å². The van der Waals surface area contributed by atoms with E-state index in [0.29, 0.717) is 23.8 Å². The molecule has 8 aromatic rings. The first-order valence-corrected chi connectivity index (χ1v) is 22.4. The Labute approximate surface area is 397 Å². The van der Waals surface area contributed by atoms with E-state index in [4.69, 9.17) is 20.1 Å². The molecule has 10 heteroatoms. The van der Waals surface area contributed by atoms with E-state index in [9.17, 15) is 4.79 Å². The van der Waals surface area contributed by atoms with Crippen molar-refractivity contribution in [3.05, 3.63) is 202 Å². The second-order valence-electron chi connectivity index (χ2n) is 18.1. The van der Waals surface area contributed by atoms with Gasteiger partial charge in [-0.05, 0) is 102 Å². The quantitative estimate of drug-likeness (QED) is 0.0893. The molecule has 64 heavy (non-hydrogen) atoms. The molecule has 2 aliphatic rings. The molecule has 10 rings (SSSR count). The van der Waals surface area contributed by atoms with Crippen molar-refractivity contribution in [2.75, 3.05) is 0 Å². The van der Waals surface area contributed by atoms with Gasteiger partial charge in [0.1, 0.15) is 17.0 Å². The van der Waals surface area contributed by atoms with Crippen molar-refractivity contribution < 1.29 is 4.84 Å². The van der Waals surface area contributed by atoms with Gasteiger partial charge in [-0.2, -0.15) is 5.06 Å². The molecular weight excluding hydrogens is 802 g/mol. The minimum absolute atomic E-state index is 0. The second kappa shape index (κ2) is 17.8. The van der Waals surface area contributed by atoms with Gasteiger partial charge in [0.2, 0.25) is 0 Å². The molecule has 6 aromatic carbocycles. The minimum atomic E-state index is -0.882. The number of hydroxylamine groups is 2. The van der Waals surface area contributed by atoms with Crippen LogP contribution in [0.3, 0.4) is 0 Å². The molecule has 2 atom stereocenters. The van der Waals surface area contributed by atoms with Crippen LogP contribution in [-0.4, -0.2) is 76.0 Å². The summed E-state index contributed by atoms with van der Waals surface area (Å²) in [6.45, 7) is 9.26. The SMILES string of the molecule is CCCCc1nc2ccc([C@]3(C)C[C@H]4CCC(C)(C)N4O3)cc2c(=O)n1Cc1ccc(-c2ccccc2-c2nnnn2C(c2ccccc2)(c2ccccc2)c2ccccc2)cc1.[NaH]. The van der Waals surface area contributed by atoms with E-state index in [1.54, 1.807) is 0 Å². The summed E-state index contributed by atoms with van der Waals surface area (Å²) in [6, 6.07) is 54.7. The van der Waals surface area contributed by atoms with Gasteiger partial charge in [0.05, 0.1) is 17.4 Å². The fourth-order valence-corrected chi connectivity index (χ4v) is 10.2. The van der Waals surface area contributed by atoms with E-state index in [1.165, 1.54) is 0 Å². The summed E-state index contributed by atoms with van der Waals surface area (Å²) in [5.41, 5.74) is 7.39. The Morgan fingerprint density at radius 1 is 0.750 bits per heavy atom. The van der Waals surface area contributed by atoms with Crippen molar-refractivity contribution in [1.82, 2.24) is 34.8 Å². The summed E-state index contributed by atoms with van der Waals surface area (Å²) in [4.78, 5) is 26.5. The number of aromatic nitrogens is 6. The van der Waals surface area contributed by atoms with Gasteiger partial charge in [-0.3, -0.25) is 14.2 Å². The van der Waals surface area contributed by atoms with E-state index in [0.717, 1.165) is 94.4 Å². The van der Waals surface area contributed by atoms with Crippen LogP contribution in [0.4, 0.5) is 0 Å². The standard InChI is InChI=1S/C54H53N7O2.Na.H/c1-5-6-26-49-55-48-32-31-43(53(4)36-44-33-34-52(2,3)61(44)63-53)35-47(48)51(62)59(49)37-38-27-29-39(30-28-38)45-24-16-17-25-46(45)50-56-57-58-60(50)54(40-18-10-7-11-19-40,41-20-12-8-13-21-41)42-22-14-9-15-23-42;;/h7-25,27-32,35,44H,5-6,26,33-34,36-37H2,1-4H3;;/t44-,53+;;/m1../s1. The van der Waals surface area contributed by atoms with Crippen molar-refractivity contribution >= 4 is 40.5 Å². The zero-order valence-electron chi connectivity index (χ0n) is 36.5. The van der Waals surface area contributed by atoms with Crippen LogP contribution in [0.15, 0.2) is 163 Å². The first kappa shape index (κ1) is 43.7. The third kappa shape index (κ3) is 7.67. The van der Waals surface area contributed by atoms with Gasteiger partial charge in [0.25, 0.3) is 5.56 Å². The summed E-state index contributed by atoms with van der Waals surface area (Å²) >= 11 is 0. The number of tetrazole rings is 1. The first-order chi connectivity index (χ1) is 30.7. The van der Waals surface area contributed by atoms with Crippen LogP contribution in [0.25, 0.3) is 33.4 Å². The Bertz CT molecular complexity index is 2860. The van der Waals surface area contributed by atoms with Crippen LogP contribution >= 0.6 is 0 Å². The summed E-state index contributed by atoms with van der Waals surface area (Å²) in [6.07, 6.45) is 5.82. The molecule has 0 bridgehead atoms. The normalized spacial score (nSPS) is 18.2. The molecule has 4 heterocycles. The molecule has 0 amide bonds. The number of hydrogen-bond donors (Lipinski definition) is 0. The molecule has 2 aliphatic heterocycles. The van der Waals surface area contributed by atoms with Gasteiger partial charge >= 0.3 is 29.6 Å². The molecule has 0 N–H and O–H groups in total. The van der Waals surface area contributed by atoms with E-state index in [2.05, 4.69) is 159 Å². The predicted molar refractivity (Wildman–Crippen MR) is 256 cm³/mol. The summed E-state index contributed by atoms with van der Waals surface area (Å²) in [5.74, 6) is 1.45. The molecule has 0 radical (unpaired) electrons. The molecule has 2 fully saturated rings. The molecular formula is C54H54N7NaO2. The zero-order chi connectivity index (χ0) is 43.2. The third-order valence-corrected chi connectivity index (χ3v) is 13.5. The van der Waals surface area contributed by atoms with Crippen LogP contribution in [0.2, 0.25) is 0 Å². The number of nitrogens with zero attached hydrogens (tertiary/aromatic N) is 7. The fraction of sp³-hybridized carbons (Fsp3) is 0.278. The topological polar surface area (TPSA) is 91.0 Å². The Kier molecular flexibility index (Phi) is 12.1. The van der Waals surface area contributed by atoms with Crippen molar-refractivity contribution in [3.63, 3.8) is 0 Å². The Morgan fingerprint density at radius 3 is 1.97 bits per heavy atom. The molecule has 2 saturated heterocycles. The molecule has 0 aliphatic carbocycles. The Hall–Kier alpha value is -5.55. The summed E-state index contributed by atoms with van der Waals surface area (Å²) < 4.78 is 3.86. The number of fused-ring (bicyclic) bond motifs is 2. The van der Waals surface area contributed by atoms with Crippen LogP contribution in [0.1, 0.15) is 93.4 Å². The second-order valence-corrected chi connectivity index (χ2v) is 18.1. The number of rotatable bonds is 12. The first-order valence-electron chi connectivity index (χ1n) is 22.4. The number of benzene rings is 6. The zero-order valence-corrected chi connectivity index (χ0v) is 36.5. The monoisotopic (exact) mass is 855 g/mol. The number of hydrogen-bond acceptors (Lipinski definition) is 7. The molecule has 0 saturated carbocycles. The predicted octanol–water partition coefficient (Wildman–Crippen LogP) is 10.1. The van der Waals surface area contributed by atoms with Crippen LogP contribution in [0, 0.1) is 0 Å².